The fraction of sp³-hybridized carbons (Fsp3) is 0.167. The maximum Gasteiger partial charge on any atom is 0.356 e. The number of benzene rings is 1. The van der Waals surface area contributed by atoms with Gasteiger partial charge < -0.3 is 9.84 Å². The number of aromatic nitrogens is 2. The van der Waals surface area contributed by atoms with E-state index >= 15 is 0 Å². The summed E-state index contributed by atoms with van der Waals surface area (Å²) in [6.07, 6.45) is 0. The Labute approximate surface area is 116 Å². The maximum absolute atomic E-state index is 13.5. The molecular formula is C12H10BrFN2O3. The number of ether oxygens (including phenoxy) is 1. The van der Waals surface area contributed by atoms with Gasteiger partial charge in [-0.05, 0) is 28.1 Å². The molecule has 0 aliphatic carbocycles. The van der Waals surface area contributed by atoms with Gasteiger partial charge in [-0.15, -0.1) is 0 Å². The molecule has 0 unspecified atom stereocenters. The molecule has 0 saturated heterocycles. The molecule has 1 aromatic heterocycles. The first-order chi connectivity index (χ1) is 8.93. The van der Waals surface area contributed by atoms with Crippen LogP contribution in [0.15, 0.2) is 22.7 Å². The molecule has 2 rings (SSSR count). The van der Waals surface area contributed by atoms with Crippen LogP contribution < -0.4 is 4.74 Å². The summed E-state index contributed by atoms with van der Waals surface area (Å²) in [5.41, 5.74) is 0.842. The molecule has 1 N–H and O–H groups in total. The summed E-state index contributed by atoms with van der Waals surface area (Å²) in [5, 5.41) is 12.8. The van der Waals surface area contributed by atoms with Crippen molar-refractivity contribution in [1.29, 1.82) is 0 Å². The van der Waals surface area contributed by atoms with E-state index < -0.39 is 11.8 Å². The Morgan fingerprint density at radius 1 is 1.47 bits per heavy atom. The van der Waals surface area contributed by atoms with E-state index in [9.17, 15) is 9.18 Å². The number of methoxy groups -OCH3 is 1. The first kappa shape index (κ1) is 13.5. The average Bonchev–Trinajstić information content (AvgIpc) is 2.74. The smallest absolute Gasteiger partial charge is 0.356 e. The molecule has 0 bridgehead atoms. The van der Waals surface area contributed by atoms with Gasteiger partial charge >= 0.3 is 5.97 Å². The van der Waals surface area contributed by atoms with Crippen LogP contribution in [0.5, 0.6) is 5.75 Å². The highest BCUT2D eigenvalue weighted by Gasteiger charge is 2.17. The van der Waals surface area contributed by atoms with E-state index in [4.69, 9.17) is 9.84 Å². The highest BCUT2D eigenvalue weighted by Crippen LogP contribution is 2.36. The van der Waals surface area contributed by atoms with Crippen molar-refractivity contribution in [2.75, 3.05) is 7.11 Å². The first-order valence-electron chi connectivity index (χ1n) is 5.24. The van der Waals surface area contributed by atoms with Crippen molar-refractivity contribution in [3.05, 3.63) is 34.2 Å². The monoisotopic (exact) mass is 328 g/mol. The lowest BCUT2D eigenvalue weighted by Crippen LogP contribution is -1.99. The normalized spacial score (nSPS) is 10.5. The lowest BCUT2D eigenvalue weighted by atomic mass is 10.1. The van der Waals surface area contributed by atoms with Gasteiger partial charge in [-0.2, -0.15) is 5.10 Å². The number of aryl methyl sites for hydroxylation is 1. The number of hydrogen-bond donors (Lipinski definition) is 1. The van der Waals surface area contributed by atoms with Crippen molar-refractivity contribution in [3.8, 4) is 17.0 Å². The Morgan fingerprint density at radius 3 is 2.68 bits per heavy atom. The Kier molecular flexibility index (Phi) is 3.57. The molecule has 1 heterocycles. The zero-order valence-electron chi connectivity index (χ0n) is 10.1. The summed E-state index contributed by atoms with van der Waals surface area (Å²) in [5.74, 6) is -1.29. The van der Waals surface area contributed by atoms with Crippen LogP contribution in [0, 0.1) is 5.82 Å². The number of aromatic carboxylic acids is 1. The summed E-state index contributed by atoms with van der Waals surface area (Å²) in [4.78, 5) is 10.9. The standard InChI is InChI=1S/C12H10BrFN2O3/c1-16-9(5-8(15-16)12(17)18)7-3-6(14)4-10(19-2)11(7)13/h3-5H,1-2H3,(H,17,18). The Morgan fingerprint density at radius 2 is 2.16 bits per heavy atom. The molecule has 0 spiro atoms. The Bertz CT molecular complexity index is 655. The van der Waals surface area contributed by atoms with Crippen molar-refractivity contribution in [2.45, 2.75) is 0 Å². The van der Waals surface area contributed by atoms with Crippen LogP contribution in [-0.2, 0) is 7.05 Å². The summed E-state index contributed by atoms with van der Waals surface area (Å²) in [7, 11) is 3.01. The lowest BCUT2D eigenvalue weighted by molar-refractivity contribution is 0.0689. The van der Waals surface area contributed by atoms with Crippen LogP contribution in [-0.4, -0.2) is 28.0 Å². The average molecular weight is 329 g/mol. The predicted octanol–water partition coefficient (Wildman–Crippen LogP) is 2.70. The summed E-state index contributed by atoms with van der Waals surface area (Å²) < 4.78 is 20.5. The third kappa shape index (κ3) is 2.46. The zero-order chi connectivity index (χ0) is 14.2. The van der Waals surface area contributed by atoms with Crippen LogP contribution in [0.4, 0.5) is 4.39 Å². The van der Waals surface area contributed by atoms with E-state index in [-0.39, 0.29) is 5.69 Å². The number of rotatable bonds is 3. The van der Waals surface area contributed by atoms with E-state index in [1.54, 1.807) is 7.05 Å². The molecule has 0 aliphatic rings. The van der Waals surface area contributed by atoms with Gasteiger partial charge in [-0.1, -0.05) is 0 Å². The number of carboxylic acid groups (broad SMARTS) is 1. The van der Waals surface area contributed by atoms with Gasteiger partial charge in [0.05, 0.1) is 17.3 Å². The predicted molar refractivity (Wildman–Crippen MR) is 69.8 cm³/mol. The molecule has 2 aromatic rings. The highest BCUT2D eigenvalue weighted by molar-refractivity contribution is 9.10. The van der Waals surface area contributed by atoms with Crippen molar-refractivity contribution in [1.82, 2.24) is 9.78 Å². The lowest BCUT2D eigenvalue weighted by Gasteiger charge is -2.09. The minimum Gasteiger partial charge on any atom is -0.495 e. The molecule has 0 fully saturated rings. The number of hydrogen-bond acceptors (Lipinski definition) is 3. The van der Waals surface area contributed by atoms with E-state index in [1.165, 1.54) is 30.0 Å². The second-order valence-corrected chi connectivity index (χ2v) is 4.61. The molecule has 0 aliphatic heterocycles. The number of carboxylic acids is 1. The third-order valence-corrected chi connectivity index (χ3v) is 3.42. The van der Waals surface area contributed by atoms with Crippen LogP contribution in [0.1, 0.15) is 10.5 Å². The van der Waals surface area contributed by atoms with E-state index in [2.05, 4.69) is 21.0 Å². The fourth-order valence-corrected chi connectivity index (χ4v) is 2.32. The quantitative estimate of drug-likeness (QED) is 0.940. The molecule has 0 atom stereocenters. The SMILES string of the molecule is COc1cc(F)cc(-c2cc(C(=O)O)nn2C)c1Br. The highest BCUT2D eigenvalue weighted by atomic mass is 79.9. The van der Waals surface area contributed by atoms with Gasteiger partial charge in [0.15, 0.2) is 5.69 Å². The topological polar surface area (TPSA) is 64.3 Å². The largest absolute Gasteiger partial charge is 0.495 e. The molecular weight excluding hydrogens is 319 g/mol. The summed E-state index contributed by atoms with van der Waals surface area (Å²) >= 11 is 3.31. The number of nitrogens with zero attached hydrogens (tertiary/aromatic N) is 2. The zero-order valence-corrected chi connectivity index (χ0v) is 11.7. The van der Waals surface area contributed by atoms with Gasteiger partial charge in [-0.25, -0.2) is 9.18 Å². The molecule has 7 heteroatoms. The van der Waals surface area contributed by atoms with Crippen LogP contribution in [0.25, 0.3) is 11.3 Å². The minimum absolute atomic E-state index is 0.104. The molecule has 1 aromatic carbocycles. The molecule has 19 heavy (non-hydrogen) atoms. The van der Waals surface area contributed by atoms with Gasteiger partial charge in [0, 0.05) is 18.7 Å². The third-order valence-electron chi connectivity index (χ3n) is 2.60. The molecule has 5 nitrogen and oxygen atoms in total. The summed E-state index contributed by atoms with van der Waals surface area (Å²) in [6.45, 7) is 0. The van der Waals surface area contributed by atoms with Crippen molar-refractivity contribution >= 4 is 21.9 Å². The van der Waals surface area contributed by atoms with Crippen LogP contribution in [0.2, 0.25) is 0 Å². The van der Waals surface area contributed by atoms with Gasteiger partial charge in [-0.3, -0.25) is 4.68 Å². The summed E-state index contributed by atoms with van der Waals surface area (Å²) in [6, 6.07) is 3.90. The van der Waals surface area contributed by atoms with Gasteiger partial charge in [0.25, 0.3) is 0 Å². The molecule has 100 valence electrons. The minimum atomic E-state index is -1.14. The van der Waals surface area contributed by atoms with Crippen LogP contribution >= 0.6 is 15.9 Å². The van der Waals surface area contributed by atoms with Crippen molar-refractivity contribution < 1.29 is 19.0 Å². The van der Waals surface area contributed by atoms with E-state index in [0.29, 0.717) is 21.5 Å². The van der Waals surface area contributed by atoms with E-state index in [0.717, 1.165) is 0 Å². The number of carbonyl (C=O) groups is 1. The molecule has 0 amide bonds. The fourth-order valence-electron chi connectivity index (χ4n) is 1.72. The Balaban J connectivity index is 2.65. The molecule has 0 saturated carbocycles. The van der Waals surface area contributed by atoms with Gasteiger partial charge in [0.1, 0.15) is 11.6 Å². The second kappa shape index (κ2) is 5.00. The molecule has 0 radical (unpaired) electrons. The number of halogens is 2. The maximum atomic E-state index is 13.5. The van der Waals surface area contributed by atoms with E-state index in [1.807, 2.05) is 0 Å². The van der Waals surface area contributed by atoms with Crippen molar-refractivity contribution in [2.24, 2.45) is 7.05 Å². The first-order valence-corrected chi connectivity index (χ1v) is 6.04. The van der Waals surface area contributed by atoms with Crippen molar-refractivity contribution in [3.63, 3.8) is 0 Å². The van der Waals surface area contributed by atoms with Crippen LogP contribution in [0.3, 0.4) is 0 Å². The Hall–Kier alpha value is -1.89. The van der Waals surface area contributed by atoms with Gasteiger partial charge in [0.2, 0.25) is 0 Å². The second-order valence-electron chi connectivity index (χ2n) is 3.81.